The molecule has 1 spiro atoms. The quantitative estimate of drug-likeness (QED) is 0.588. The number of carbonyl (C=O) groups excluding carboxylic acids is 4. The summed E-state index contributed by atoms with van der Waals surface area (Å²) in [6, 6.07) is 13.8. The lowest BCUT2D eigenvalue weighted by atomic mass is 9.76. The van der Waals surface area contributed by atoms with Crippen molar-refractivity contribution in [3.63, 3.8) is 0 Å². The maximum Gasteiger partial charge on any atom is 0.250 e. The number of imide groups is 1. The second kappa shape index (κ2) is 7.43. The number of halogens is 1. The number of nitrogens with zero attached hydrogens (tertiary/aromatic N) is 1. The Morgan fingerprint density at radius 1 is 1.06 bits per heavy atom. The van der Waals surface area contributed by atoms with E-state index in [0.717, 1.165) is 5.56 Å². The first-order valence-corrected chi connectivity index (χ1v) is 10.8. The van der Waals surface area contributed by atoms with Crippen LogP contribution in [-0.4, -0.2) is 41.1 Å². The molecular formula is C23H21ClN4O4. The first-order chi connectivity index (χ1) is 15.3. The zero-order valence-corrected chi connectivity index (χ0v) is 17.8. The van der Waals surface area contributed by atoms with Gasteiger partial charge in [-0.1, -0.05) is 54.1 Å². The summed E-state index contributed by atoms with van der Waals surface area (Å²) in [6.45, 7) is 0.193. The number of carbonyl (C=O) groups is 4. The molecule has 2 saturated heterocycles. The number of benzene rings is 2. The number of nitrogens with one attached hydrogen (secondary N) is 2. The Hall–Kier alpha value is -3.23. The molecular weight excluding hydrogens is 432 g/mol. The molecule has 32 heavy (non-hydrogen) atoms. The van der Waals surface area contributed by atoms with Gasteiger partial charge in [0.2, 0.25) is 23.6 Å². The van der Waals surface area contributed by atoms with Crippen molar-refractivity contribution >= 4 is 40.9 Å². The molecule has 8 nitrogen and oxygen atoms in total. The van der Waals surface area contributed by atoms with Crippen LogP contribution in [0.1, 0.15) is 17.5 Å². The van der Waals surface area contributed by atoms with Crippen molar-refractivity contribution in [1.82, 2.24) is 10.2 Å². The number of hydrogen-bond donors (Lipinski definition) is 3. The number of likely N-dealkylation sites (tertiary alicyclic amines) is 1. The molecule has 5 rings (SSSR count). The average Bonchev–Trinajstić information content (AvgIpc) is 3.33. The molecule has 0 saturated carbocycles. The van der Waals surface area contributed by atoms with Crippen molar-refractivity contribution in [3.8, 4) is 0 Å². The maximum atomic E-state index is 13.6. The third-order valence-electron chi connectivity index (χ3n) is 6.68. The van der Waals surface area contributed by atoms with Gasteiger partial charge < -0.3 is 11.1 Å². The molecule has 2 fully saturated rings. The smallest absolute Gasteiger partial charge is 0.250 e. The summed E-state index contributed by atoms with van der Waals surface area (Å²) in [5, 5.41) is 6.24. The number of fused-ring (bicyclic) bond motifs is 4. The van der Waals surface area contributed by atoms with Gasteiger partial charge >= 0.3 is 0 Å². The monoisotopic (exact) mass is 452 g/mol. The zero-order valence-electron chi connectivity index (χ0n) is 17.0. The SMILES string of the molecule is NC(=O)C[C@H]1N[C@]2(C(=O)Nc3c(Cl)cccc32)[C@@H]2C(=O)N(CCc3ccccc3)C(=O)[C@H]21. The number of primary amides is 1. The van der Waals surface area contributed by atoms with Gasteiger partial charge in [0, 0.05) is 24.6 Å². The Bertz CT molecular complexity index is 1150. The zero-order chi connectivity index (χ0) is 22.6. The van der Waals surface area contributed by atoms with E-state index in [2.05, 4.69) is 10.6 Å². The van der Waals surface area contributed by atoms with Crippen molar-refractivity contribution < 1.29 is 19.2 Å². The summed E-state index contributed by atoms with van der Waals surface area (Å²) in [5.74, 6) is -3.77. The molecule has 2 aromatic rings. The predicted molar refractivity (Wildman–Crippen MR) is 116 cm³/mol. The molecule has 4 atom stereocenters. The van der Waals surface area contributed by atoms with Gasteiger partial charge in [0.15, 0.2) is 0 Å². The lowest BCUT2D eigenvalue weighted by Gasteiger charge is -2.29. The Kier molecular flexibility index (Phi) is 4.79. The summed E-state index contributed by atoms with van der Waals surface area (Å²) in [6.07, 6.45) is 0.324. The van der Waals surface area contributed by atoms with Gasteiger partial charge in [0.05, 0.1) is 22.5 Å². The highest BCUT2D eigenvalue weighted by molar-refractivity contribution is 6.35. The minimum Gasteiger partial charge on any atom is -0.370 e. The van der Waals surface area contributed by atoms with E-state index in [0.29, 0.717) is 22.7 Å². The number of hydrogen-bond acceptors (Lipinski definition) is 5. The van der Waals surface area contributed by atoms with Gasteiger partial charge in [-0.3, -0.25) is 29.4 Å². The fraction of sp³-hybridized carbons (Fsp3) is 0.304. The number of nitrogens with two attached hydrogens (primary N) is 1. The van der Waals surface area contributed by atoms with Crippen molar-refractivity contribution in [1.29, 1.82) is 0 Å². The van der Waals surface area contributed by atoms with Gasteiger partial charge in [-0.15, -0.1) is 0 Å². The van der Waals surface area contributed by atoms with Crippen LogP contribution in [0.15, 0.2) is 48.5 Å². The molecule has 0 bridgehead atoms. The van der Waals surface area contributed by atoms with Crippen LogP contribution in [0.4, 0.5) is 5.69 Å². The fourth-order valence-corrected chi connectivity index (χ4v) is 5.57. The van der Waals surface area contributed by atoms with Crippen LogP contribution < -0.4 is 16.4 Å². The Labute approximate surface area is 189 Å². The second-order valence-electron chi connectivity index (χ2n) is 8.41. The maximum absolute atomic E-state index is 13.6. The summed E-state index contributed by atoms with van der Waals surface area (Å²) in [7, 11) is 0. The predicted octanol–water partition coefficient (Wildman–Crippen LogP) is 1.18. The molecule has 4 amide bonds. The molecule has 4 N–H and O–H groups in total. The Balaban J connectivity index is 1.55. The molecule has 0 radical (unpaired) electrons. The standard InChI is InChI=1S/C23H21ClN4O4/c24-14-8-4-7-13-19(14)26-22(32)23(13)18-17(15(27-23)11-16(25)29)20(30)28(21(18)31)10-9-12-5-2-1-3-6-12/h1-8,15,17-18,27H,9-11H2,(H2,25,29)(H,26,32)/t15-,17+,18+,23+/m1/s1. The summed E-state index contributed by atoms with van der Waals surface area (Å²) in [4.78, 5) is 53.2. The topological polar surface area (TPSA) is 122 Å². The molecule has 164 valence electrons. The molecule has 3 aliphatic heterocycles. The normalized spacial score (nSPS) is 28.2. The Morgan fingerprint density at radius 2 is 1.81 bits per heavy atom. The number of rotatable bonds is 5. The summed E-state index contributed by atoms with van der Waals surface area (Å²) < 4.78 is 0. The van der Waals surface area contributed by atoms with Gasteiger partial charge in [-0.2, -0.15) is 0 Å². The highest BCUT2D eigenvalue weighted by Crippen LogP contribution is 2.54. The van der Waals surface area contributed by atoms with Crippen molar-refractivity contribution in [2.24, 2.45) is 17.6 Å². The van der Waals surface area contributed by atoms with Crippen LogP contribution in [0.2, 0.25) is 5.02 Å². The van der Waals surface area contributed by atoms with Crippen LogP contribution in [0.25, 0.3) is 0 Å². The van der Waals surface area contributed by atoms with Crippen molar-refractivity contribution in [2.45, 2.75) is 24.4 Å². The highest BCUT2D eigenvalue weighted by atomic mass is 35.5. The second-order valence-corrected chi connectivity index (χ2v) is 8.82. The van der Waals surface area contributed by atoms with Gasteiger partial charge in [0.25, 0.3) is 0 Å². The van der Waals surface area contributed by atoms with E-state index in [9.17, 15) is 19.2 Å². The van der Waals surface area contributed by atoms with E-state index < -0.39 is 47.0 Å². The number of para-hydroxylation sites is 1. The molecule has 2 aromatic carbocycles. The third kappa shape index (κ3) is 2.87. The van der Waals surface area contributed by atoms with E-state index in [1.807, 2.05) is 30.3 Å². The molecule has 0 aliphatic carbocycles. The molecule has 0 unspecified atom stereocenters. The van der Waals surface area contributed by atoms with Crippen LogP contribution in [0, 0.1) is 11.8 Å². The minimum absolute atomic E-state index is 0.169. The van der Waals surface area contributed by atoms with Gasteiger partial charge in [0.1, 0.15) is 5.54 Å². The average molecular weight is 453 g/mol. The lowest BCUT2D eigenvalue weighted by Crippen LogP contribution is -2.53. The molecule has 3 aliphatic rings. The van der Waals surface area contributed by atoms with Crippen molar-refractivity contribution in [3.05, 3.63) is 64.7 Å². The lowest BCUT2D eigenvalue weighted by molar-refractivity contribution is -0.142. The first kappa shape index (κ1) is 20.7. The molecule has 9 heteroatoms. The highest BCUT2D eigenvalue weighted by Gasteiger charge is 2.70. The van der Waals surface area contributed by atoms with E-state index >= 15 is 0 Å². The number of anilines is 1. The third-order valence-corrected chi connectivity index (χ3v) is 6.99. The minimum atomic E-state index is -1.49. The van der Waals surface area contributed by atoms with Crippen molar-refractivity contribution in [2.75, 3.05) is 11.9 Å². The van der Waals surface area contributed by atoms with E-state index in [1.54, 1.807) is 18.2 Å². The van der Waals surface area contributed by atoms with E-state index in [1.165, 1.54) is 4.90 Å². The van der Waals surface area contributed by atoms with Gasteiger partial charge in [-0.05, 0) is 18.1 Å². The molecule has 0 aromatic heterocycles. The summed E-state index contributed by atoms with van der Waals surface area (Å²) in [5.41, 5.74) is 5.85. The Morgan fingerprint density at radius 3 is 2.53 bits per heavy atom. The van der Waals surface area contributed by atoms with Crippen LogP contribution in [0.5, 0.6) is 0 Å². The largest absolute Gasteiger partial charge is 0.370 e. The van der Waals surface area contributed by atoms with E-state index in [-0.39, 0.29) is 13.0 Å². The van der Waals surface area contributed by atoms with Crippen LogP contribution in [-0.2, 0) is 31.1 Å². The van der Waals surface area contributed by atoms with E-state index in [4.69, 9.17) is 17.3 Å². The fourth-order valence-electron chi connectivity index (χ4n) is 5.35. The summed E-state index contributed by atoms with van der Waals surface area (Å²) >= 11 is 6.29. The van der Waals surface area contributed by atoms with Gasteiger partial charge in [-0.25, -0.2) is 0 Å². The van der Waals surface area contributed by atoms with Crippen LogP contribution in [0.3, 0.4) is 0 Å². The molecule has 3 heterocycles. The first-order valence-electron chi connectivity index (χ1n) is 10.4. The number of amides is 4. The van der Waals surface area contributed by atoms with Crippen LogP contribution >= 0.6 is 11.6 Å².